The fraction of sp³-hybridized carbons (Fsp3) is 0.125. The summed E-state index contributed by atoms with van der Waals surface area (Å²) in [6.45, 7) is 0. The van der Waals surface area contributed by atoms with Crippen molar-refractivity contribution < 1.29 is 10.3 Å². The van der Waals surface area contributed by atoms with E-state index in [4.69, 9.17) is 11.0 Å². The van der Waals surface area contributed by atoms with Crippen LogP contribution in [0.1, 0.15) is 28.6 Å². The summed E-state index contributed by atoms with van der Waals surface area (Å²) < 4.78 is 0. The smallest absolute Gasteiger partial charge is 0.195 e. The predicted molar refractivity (Wildman–Crippen MR) is 94.9 cm³/mol. The number of aromatic nitrogens is 2. The Balaban J connectivity index is 0.000000426. The van der Waals surface area contributed by atoms with E-state index in [0.717, 1.165) is 5.69 Å². The second-order valence-electron chi connectivity index (χ2n) is 4.48. The van der Waals surface area contributed by atoms with E-state index < -0.39 is 0 Å². The average molecular weight is 356 g/mol. The second kappa shape index (κ2) is 12.8. The van der Waals surface area contributed by atoms with E-state index >= 15 is 0 Å². The summed E-state index contributed by atoms with van der Waals surface area (Å²) in [4.78, 5) is 18.9. The molecule has 0 spiro atoms. The molecule has 0 amide bonds. The molecule has 26 heavy (non-hydrogen) atoms. The summed E-state index contributed by atoms with van der Waals surface area (Å²) >= 11 is 0. The summed E-state index contributed by atoms with van der Waals surface area (Å²) in [6, 6.07) is 12.4. The first-order valence-electron chi connectivity index (χ1n) is 7.14. The summed E-state index contributed by atoms with van der Waals surface area (Å²) in [7, 11) is 0. The van der Waals surface area contributed by atoms with Gasteiger partial charge in [0, 0.05) is 12.4 Å². The number of carbonyl (C=O) groups is 1. The number of nitriles is 1. The van der Waals surface area contributed by atoms with Crippen LogP contribution >= 0.6 is 0 Å². The van der Waals surface area contributed by atoms with Crippen molar-refractivity contribution in [3.8, 4) is 6.07 Å². The van der Waals surface area contributed by atoms with Crippen molar-refractivity contribution in [1.29, 1.82) is 5.26 Å². The Bertz CT molecular complexity index is 757. The van der Waals surface area contributed by atoms with Crippen LogP contribution in [0.25, 0.3) is 0 Å². The highest BCUT2D eigenvalue weighted by molar-refractivity contribution is 5.95. The number of nitrogens with zero attached hydrogens (tertiary/aromatic N) is 5. The lowest BCUT2D eigenvalue weighted by atomic mass is 10.2. The standard InChI is InChI=1S/C8H8N4.C8H6N2O.H4N2.H2O/c9-8-5-7(11-12-8)6-3-1-2-4-10-6;9-5-4-8(11)7-3-1-2-6-10-7;1-2;/h1-5,7H,9H2;1-3,6H,4H2;1-2H2;1H2. The first kappa shape index (κ1) is 22.5. The molecule has 10 heteroatoms. The molecule has 1 aliphatic rings. The Kier molecular flexibility index (Phi) is 11.1. The van der Waals surface area contributed by atoms with Crippen LogP contribution in [-0.2, 0) is 0 Å². The molecule has 1 atom stereocenters. The molecular formula is C16H20N8O2. The first-order chi connectivity index (χ1) is 12.2. The average Bonchev–Trinajstić information content (AvgIpc) is 3.12. The molecule has 3 rings (SSSR count). The van der Waals surface area contributed by atoms with Crippen molar-refractivity contribution in [3.05, 3.63) is 72.1 Å². The Hall–Kier alpha value is -3.52. The number of carbonyl (C=O) groups excluding carboxylic acids is 1. The van der Waals surface area contributed by atoms with Crippen LogP contribution in [-0.4, -0.2) is 21.2 Å². The number of azo groups is 1. The van der Waals surface area contributed by atoms with E-state index in [2.05, 4.69) is 31.9 Å². The van der Waals surface area contributed by atoms with Crippen molar-refractivity contribution in [2.45, 2.75) is 12.5 Å². The van der Waals surface area contributed by atoms with Gasteiger partial charge in [0.25, 0.3) is 0 Å². The molecule has 1 aliphatic heterocycles. The van der Waals surface area contributed by atoms with Crippen LogP contribution < -0.4 is 17.4 Å². The number of Topliss-reactive ketones (excluding diaryl/α,β-unsaturated/α-hetero) is 1. The molecule has 0 saturated carbocycles. The second-order valence-corrected chi connectivity index (χ2v) is 4.48. The van der Waals surface area contributed by atoms with Crippen molar-refractivity contribution in [2.75, 3.05) is 0 Å². The van der Waals surface area contributed by atoms with Gasteiger partial charge in [-0.25, -0.2) is 0 Å². The lowest BCUT2D eigenvalue weighted by molar-refractivity contribution is 0.0993. The van der Waals surface area contributed by atoms with Gasteiger partial charge in [0.1, 0.15) is 24.0 Å². The molecule has 1 unspecified atom stereocenters. The van der Waals surface area contributed by atoms with Crippen molar-refractivity contribution >= 4 is 5.78 Å². The van der Waals surface area contributed by atoms with Crippen LogP contribution in [0.5, 0.6) is 0 Å². The van der Waals surface area contributed by atoms with Crippen LogP contribution in [0.3, 0.4) is 0 Å². The maximum absolute atomic E-state index is 11.0. The number of hydrazine groups is 1. The molecule has 0 aromatic carbocycles. The lowest BCUT2D eigenvalue weighted by Crippen LogP contribution is -2.02. The molecule has 8 N–H and O–H groups in total. The van der Waals surface area contributed by atoms with Gasteiger partial charge in [-0.2, -0.15) is 10.4 Å². The van der Waals surface area contributed by atoms with Gasteiger partial charge >= 0.3 is 0 Å². The molecule has 3 heterocycles. The van der Waals surface area contributed by atoms with E-state index in [0.29, 0.717) is 11.5 Å². The van der Waals surface area contributed by atoms with Crippen LogP contribution in [0.2, 0.25) is 0 Å². The molecule has 0 radical (unpaired) electrons. The zero-order chi connectivity index (χ0) is 18.5. The third-order valence-electron chi connectivity index (χ3n) is 2.81. The minimum absolute atomic E-state index is 0. The van der Waals surface area contributed by atoms with Crippen LogP contribution in [0, 0.1) is 11.3 Å². The number of hydrogen-bond donors (Lipinski definition) is 3. The Morgan fingerprint density at radius 3 is 2.23 bits per heavy atom. The molecule has 136 valence electrons. The molecule has 2 aromatic rings. The minimum atomic E-state index is -0.229. The lowest BCUT2D eigenvalue weighted by Gasteiger charge is -1.99. The number of nitrogens with two attached hydrogens (primary N) is 3. The summed E-state index contributed by atoms with van der Waals surface area (Å²) in [5.41, 5.74) is 6.67. The van der Waals surface area contributed by atoms with Crippen molar-refractivity contribution in [1.82, 2.24) is 9.97 Å². The Morgan fingerprint density at radius 2 is 1.77 bits per heavy atom. The minimum Gasteiger partial charge on any atom is -0.412 e. The Morgan fingerprint density at radius 1 is 1.12 bits per heavy atom. The van der Waals surface area contributed by atoms with Crippen LogP contribution in [0.15, 0.2) is 70.9 Å². The third kappa shape index (κ3) is 7.37. The fourth-order valence-electron chi connectivity index (χ4n) is 1.74. The summed E-state index contributed by atoms with van der Waals surface area (Å²) in [5, 5.41) is 15.8. The van der Waals surface area contributed by atoms with Gasteiger partial charge in [-0.3, -0.25) is 26.4 Å². The highest BCUT2D eigenvalue weighted by Crippen LogP contribution is 2.22. The predicted octanol–water partition coefficient (Wildman–Crippen LogP) is 0.561. The maximum Gasteiger partial charge on any atom is 0.195 e. The third-order valence-corrected chi connectivity index (χ3v) is 2.81. The molecule has 0 saturated heterocycles. The van der Waals surface area contributed by atoms with E-state index in [1.54, 1.807) is 36.5 Å². The largest absolute Gasteiger partial charge is 0.412 e. The highest BCUT2D eigenvalue weighted by Gasteiger charge is 2.13. The zero-order valence-corrected chi connectivity index (χ0v) is 13.9. The molecule has 10 nitrogen and oxygen atoms in total. The number of ketones is 1. The summed E-state index contributed by atoms with van der Waals surface area (Å²) in [5.74, 6) is 8.23. The fourth-order valence-corrected chi connectivity index (χ4v) is 1.74. The van der Waals surface area contributed by atoms with Crippen molar-refractivity contribution in [2.24, 2.45) is 27.6 Å². The quantitative estimate of drug-likeness (QED) is 0.404. The van der Waals surface area contributed by atoms with Gasteiger partial charge in [-0.15, -0.1) is 5.11 Å². The Labute approximate surface area is 150 Å². The molecule has 2 aromatic heterocycles. The van der Waals surface area contributed by atoms with Crippen LogP contribution in [0.4, 0.5) is 0 Å². The number of rotatable bonds is 3. The maximum atomic E-state index is 11.0. The van der Waals surface area contributed by atoms with Crippen molar-refractivity contribution in [3.63, 3.8) is 0 Å². The first-order valence-corrected chi connectivity index (χ1v) is 7.14. The van der Waals surface area contributed by atoms with E-state index in [-0.39, 0.29) is 23.7 Å². The summed E-state index contributed by atoms with van der Waals surface area (Å²) in [6.07, 6.45) is 4.94. The van der Waals surface area contributed by atoms with Gasteiger partial charge in [-0.05, 0) is 30.3 Å². The van der Waals surface area contributed by atoms with Gasteiger partial charge in [0.05, 0.1) is 11.8 Å². The monoisotopic (exact) mass is 356 g/mol. The molecule has 0 fully saturated rings. The van der Waals surface area contributed by atoms with E-state index in [1.165, 1.54) is 6.20 Å². The normalized spacial score (nSPS) is 13.6. The zero-order valence-electron chi connectivity index (χ0n) is 13.9. The van der Waals surface area contributed by atoms with Gasteiger partial charge in [-0.1, -0.05) is 12.1 Å². The number of hydrogen-bond acceptors (Lipinski definition) is 9. The van der Waals surface area contributed by atoms with E-state index in [9.17, 15) is 4.79 Å². The highest BCUT2D eigenvalue weighted by atomic mass is 16.1. The van der Waals surface area contributed by atoms with E-state index in [1.807, 2.05) is 18.2 Å². The van der Waals surface area contributed by atoms with Gasteiger partial charge in [0.2, 0.25) is 0 Å². The molecular weight excluding hydrogens is 336 g/mol. The SMILES string of the molecule is N#CCC(=O)c1ccccn1.NC1=CC(c2ccccn2)N=N1.NN.O. The number of pyridine rings is 2. The van der Waals surface area contributed by atoms with Gasteiger partial charge in [0.15, 0.2) is 5.78 Å². The molecule has 0 aliphatic carbocycles. The van der Waals surface area contributed by atoms with Gasteiger partial charge < -0.3 is 11.2 Å². The molecule has 0 bridgehead atoms. The topological polar surface area (TPSA) is 201 Å².